The van der Waals surface area contributed by atoms with E-state index in [1.807, 2.05) is 84.9 Å². The van der Waals surface area contributed by atoms with Gasteiger partial charge in [-0.1, -0.05) is 54.6 Å². The number of allylic oxidation sites excluding steroid dienone is 10. The number of ketones is 2. The van der Waals surface area contributed by atoms with E-state index in [0.29, 0.717) is 17.0 Å². The molecule has 2 aliphatic rings. The summed E-state index contributed by atoms with van der Waals surface area (Å²) in [5.74, 6) is 0.540. The molecule has 0 radical (unpaired) electrons. The molecule has 4 aromatic rings. The van der Waals surface area contributed by atoms with Crippen LogP contribution in [-0.4, -0.2) is 21.5 Å². The number of fused-ring (bicyclic) bond motifs is 1. The van der Waals surface area contributed by atoms with E-state index in [4.69, 9.17) is 9.97 Å². The first-order chi connectivity index (χ1) is 19.6. The second kappa shape index (κ2) is 11.0. The summed E-state index contributed by atoms with van der Waals surface area (Å²) in [6.07, 6.45) is 17.2. The number of hydrogen-bond donors (Lipinski definition) is 2. The lowest BCUT2D eigenvalue weighted by Gasteiger charge is -2.12. The number of nitrogens with one attached hydrogen (secondary N) is 2. The molecule has 0 atom stereocenters. The molecule has 0 spiro atoms. The number of anilines is 2. The number of aromatic nitrogens is 2. The third-order valence-electron chi connectivity index (χ3n) is 6.51. The second-order valence-corrected chi connectivity index (χ2v) is 9.22. The maximum absolute atomic E-state index is 12.1. The molecule has 6 rings (SSSR count). The van der Waals surface area contributed by atoms with Crippen molar-refractivity contribution in [2.75, 3.05) is 10.6 Å². The minimum atomic E-state index is -0.0388. The van der Waals surface area contributed by atoms with E-state index in [0.717, 1.165) is 39.1 Å². The lowest BCUT2D eigenvalue weighted by atomic mass is 10.0. The summed E-state index contributed by atoms with van der Waals surface area (Å²) in [6.45, 7) is 0. The maximum Gasteiger partial charge on any atom is 0.187 e. The van der Waals surface area contributed by atoms with Crippen molar-refractivity contribution >= 4 is 33.8 Å². The van der Waals surface area contributed by atoms with E-state index in [1.54, 1.807) is 48.9 Å². The average molecular weight is 521 g/mol. The van der Waals surface area contributed by atoms with Gasteiger partial charge in [0.1, 0.15) is 0 Å². The smallest absolute Gasteiger partial charge is 0.187 e. The first kappa shape index (κ1) is 24.7. The highest BCUT2D eigenvalue weighted by molar-refractivity contribution is 6.08. The van der Waals surface area contributed by atoms with Gasteiger partial charge in [-0.15, -0.1) is 0 Å². The Morgan fingerprint density at radius 3 is 1.82 bits per heavy atom. The largest absolute Gasteiger partial charge is 0.361 e. The van der Waals surface area contributed by atoms with Crippen molar-refractivity contribution < 1.29 is 9.59 Å². The predicted molar refractivity (Wildman–Crippen MR) is 160 cm³/mol. The highest BCUT2D eigenvalue weighted by atomic mass is 16.1. The first-order valence-corrected chi connectivity index (χ1v) is 12.8. The molecule has 2 aliphatic carbocycles. The van der Waals surface area contributed by atoms with Crippen LogP contribution in [0.25, 0.3) is 33.5 Å². The number of benzene rings is 3. The van der Waals surface area contributed by atoms with Crippen molar-refractivity contribution in [2.24, 2.45) is 0 Å². The van der Waals surface area contributed by atoms with E-state index in [1.165, 1.54) is 0 Å². The normalized spacial score (nSPS) is 16.3. The molecule has 0 amide bonds. The predicted octanol–water partition coefficient (Wildman–Crippen LogP) is 6.95. The molecule has 0 bridgehead atoms. The summed E-state index contributed by atoms with van der Waals surface area (Å²) in [5.41, 5.74) is 6.34. The van der Waals surface area contributed by atoms with Gasteiger partial charge < -0.3 is 10.6 Å². The molecule has 0 fully saturated rings. The van der Waals surface area contributed by atoms with Gasteiger partial charge in [0.15, 0.2) is 17.4 Å². The van der Waals surface area contributed by atoms with Crippen LogP contribution in [0.2, 0.25) is 0 Å². The summed E-state index contributed by atoms with van der Waals surface area (Å²) in [4.78, 5) is 33.9. The Hall–Kier alpha value is -5.62. The van der Waals surface area contributed by atoms with Gasteiger partial charge in [-0.05, 0) is 66.8 Å². The van der Waals surface area contributed by atoms with E-state index >= 15 is 0 Å². The molecule has 3 aromatic carbocycles. The Morgan fingerprint density at radius 1 is 0.575 bits per heavy atom. The molecule has 6 nitrogen and oxygen atoms in total. The molecule has 0 aliphatic heterocycles. The lowest BCUT2D eigenvalue weighted by molar-refractivity contribution is -0.111. The molecule has 192 valence electrons. The molecule has 1 heterocycles. The Labute approximate surface area is 231 Å². The third kappa shape index (κ3) is 5.33. The summed E-state index contributed by atoms with van der Waals surface area (Å²) in [5, 5.41) is 7.32. The number of rotatable bonds is 6. The molecule has 6 heteroatoms. The van der Waals surface area contributed by atoms with Gasteiger partial charge >= 0.3 is 0 Å². The number of carbonyl (C=O) groups excluding carboxylic acids is 2. The van der Waals surface area contributed by atoms with Crippen molar-refractivity contribution in [3.63, 3.8) is 0 Å². The van der Waals surface area contributed by atoms with Gasteiger partial charge in [0.25, 0.3) is 0 Å². The minimum absolute atomic E-state index is 0.0314. The molecular weight excluding hydrogens is 496 g/mol. The second-order valence-electron chi connectivity index (χ2n) is 9.22. The number of nitrogens with zero attached hydrogens (tertiary/aromatic N) is 2. The van der Waals surface area contributed by atoms with Gasteiger partial charge in [-0.2, -0.15) is 0 Å². The standard InChI is InChI=1S/C34H24N4O2/c39-31-12-6-4-10-25(31)21-35-27-16-14-24(15-17-27)34-37-30-19-18-28(36-22-26-11-5-7-13-32(26)40)20-29(30)33(38-34)23-8-2-1-3-9-23/h1-22,35-36H. The Morgan fingerprint density at radius 2 is 1.18 bits per heavy atom. The van der Waals surface area contributed by atoms with Gasteiger partial charge in [-0.3, -0.25) is 9.59 Å². The van der Waals surface area contributed by atoms with E-state index in [9.17, 15) is 9.59 Å². The van der Waals surface area contributed by atoms with Crippen LogP contribution < -0.4 is 10.6 Å². The average Bonchev–Trinajstić information content (AvgIpc) is 3.00. The molecule has 40 heavy (non-hydrogen) atoms. The number of hydrogen-bond acceptors (Lipinski definition) is 6. The fourth-order valence-corrected chi connectivity index (χ4v) is 4.40. The third-order valence-corrected chi connectivity index (χ3v) is 6.51. The van der Waals surface area contributed by atoms with Crippen molar-refractivity contribution in [3.05, 3.63) is 145 Å². The lowest BCUT2D eigenvalue weighted by Crippen LogP contribution is -2.02. The summed E-state index contributed by atoms with van der Waals surface area (Å²) in [7, 11) is 0. The van der Waals surface area contributed by atoms with Gasteiger partial charge in [0.2, 0.25) is 0 Å². The highest BCUT2D eigenvalue weighted by Crippen LogP contribution is 2.31. The molecule has 0 unspecified atom stereocenters. The zero-order valence-corrected chi connectivity index (χ0v) is 21.4. The van der Waals surface area contributed by atoms with Crippen molar-refractivity contribution in [2.45, 2.75) is 0 Å². The Bertz CT molecular complexity index is 1810. The van der Waals surface area contributed by atoms with Crippen LogP contribution in [0, 0.1) is 0 Å². The number of carbonyl (C=O) groups is 2. The van der Waals surface area contributed by atoms with E-state index in [-0.39, 0.29) is 11.6 Å². The minimum Gasteiger partial charge on any atom is -0.361 e. The first-order valence-electron chi connectivity index (χ1n) is 12.8. The fourth-order valence-electron chi connectivity index (χ4n) is 4.40. The van der Waals surface area contributed by atoms with Crippen LogP contribution in [0.5, 0.6) is 0 Å². The maximum atomic E-state index is 12.1. The summed E-state index contributed by atoms with van der Waals surface area (Å²) in [6, 6.07) is 23.7. The zero-order valence-electron chi connectivity index (χ0n) is 21.4. The SMILES string of the molecule is O=C1C=CC=CC1=CNc1ccc(-c2nc(-c3ccccc3)c3cc(NC=C4C=CC=CC4=O)ccc3n2)cc1. The van der Waals surface area contributed by atoms with E-state index in [2.05, 4.69) is 10.6 Å². The highest BCUT2D eigenvalue weighted by Gasteiger charge is 2.13. The van der Waals surface area contributed by atoms with Crippen LogP contribution in [0.4, 0.5) is 11.4 Å². The van der Waals surface area contributed by atoms with Crippen molar-refractivity contribution in [1.82, 2.24) is 9.97 Å². The molecule has 1 aromatic heterocycles. The molecule has 0 saturated heterocycles. The van der Waals surface area contributed by atoms with Gasteiger partial charge in [0, 0.05) is 51.4 Å². The van der Waals surface area contributed by atoms with Crippen molar-refractivity contribution in [3.8, 4) is 22.6 Å². The molecule has 0 saturated carbocycles. The van der Waals surface area contributed by atoms with Gasteiger partial charge in [0.05, 0.1) is 11.2 Å². The summed E-state index contributed by atoms with van der Waals surface area (Å²) >= 11 is 0. The van der Waals surface area contributed by atoms with Crippen LogP contribution >= 0.6 is 0 Å². The van der Waals surface area contributed by atoms with Crippen LogP contribution in [-0.2, 0) is 9.59 Å². The van der Waals surface area contributed by atoms with Crippen LogP contribution in [0.15, 0.2) is 145 Å². The van der Waals surface area contributed by atoms with Gasteiger partial charge in [-0.25, -0.2) is 9.97 Å². The molecular formula is C34H24N4O2. The Kier molecular flexibility index (Phi) is 6.80. The zero-order chi connectivity index (χ0) is 27.3. The monoisotopic (exact) mass is 520 g/mol. The van der Waals surface area contributed by atoms with Crippen molar-refractivity contribution in [1.29, 1.82) is 0 Å². The van der Waals surface area contributed by atoms with E-state index < -0.39 is 0 Å². The fraction of sp³-hybridized carbons (Fsp3) is 0. The summed E-state index contributed by atoms with van der Waals surface area (Å²) < 4.78 is 0. The Balaban J connectivity index is 1.33. The van der Waals surface area contributed by atoms with Crippen LogP contribution in [0.1, 0.15) is 0 Å². The topological polar surface area (TPSA) is 84.0 Å². The van der Waals surface area contributed by atoms with Crippen LogP contribution in [0.3, 0.4) is 0 Å². The molecule has 2 N–H and O–H groups in total. The quantitative estimate of drug-likeness (QED) is 0.268.